The summed E-state index contributed by atoms with van der Waals surface area (Å²) in [6.07, 6.45) is 2.57. The van der Waals surface area contributed by atoms with Gasteiger partial charge in [-0.05, 0) is 37.1 Å². The fourth-order valence-corrected chi connectivity index (χ4v) is 5.00. The molecule has 2 amide bonds. The lowest BCUT2D eigenvalue weighted by Crippen LogP contribution is -2.35. The number of carbonyl (C=O) groups is 2. The molecule has 1 aliphatic rings. The topological polar surface area (TPSA) is 99.9 Å². The molecule has 1 aromatic carbocycles. The number of likely N-dealkylation sites (N-methyl/N-ethyl adjacent to an activating group) is 1. The first-order valence-electron chi connectivity index (χ1n) is 9.29. The molecule has 1 aliphatic heterocycles. The Labute approximate surface area is 184 Å². The zero-order valence-electron chi connectivity index (χ0n) is 16.2. The van der Waals surface area contributed by atoms with Crippen LogP contribution >= 0.6 is 23.2 Å². The predicted octanol–water partition coefficient (Wildman–Crippen LogP) is 3.47. The molecule has 30 heavy (non-hydrogen) atoms. The van der Waals surface area contributed by atoms with Crippen LogP contribution in [0.25, 0.3) is 0 Å². The van der Waals surface area contributed by atoms with Crippen molar-refractivity contribution < 1.29 is 22.4 Å². The molecule has 162 valence electrons. The highest BCUT2D eigenvalue weighted by molar-refractivity contribution is 7.89. The molecular weight excluding hydrogens is 453 g/mol. The average Bonchev–Trinajstić information content (AvgIpc) is 3.22. The number of furan rings is 1. The molecule has 0 aliphatic carbocycles. The third-order valence-electron chi connectivity index (χ3n) is 4.66. The first-order valence-corrected chi connectivity index (χ1v) is 11.5. The van der Waals surface area contributed by atoms with Crippen molar-refractivity contribution in [2.75, 3.05) is 32.0 Å². The summed E-state index contributed by atoms with van der Waals surface area (Å²) in [5.74, 6) is -1.32. The van der Waals surface area contributed by atoms with Crippen molar-refractivity contribution in [1.82, 2.24) is 9.21 Å². The van der Waals surface area contributed by atoms with Gasteiger partial charge in [0.1, 0.15) is 0 Å². The van der Waals surface area contributed by atoms with Crippen LogP contribution in [0.15, 0.2) is 39.8 Å². The maximum absolute atomic E-state index is 12.7. The third kappa shape index (κ3) is 4.97. The van der Waals surface area contributed by atoms with E-state index in [9.17, 15) is 18.0 Å². The lowest BCUT2D eigenvalue weighted by molar-refractivity contribution is -0.116. The van der Waals surface area contributed by atoms with Crippen LogP contribution in [0.3, 0.4) is 0 Å². The van der Waals surface area contributed by atoms with Gasteiger partial charge in [0.2, 0.25) is 11.0 Å². The third-order valence-corrected chi connectivity index (χ3v) is 7.06. The molecule has 1 fully saturated rings. The molecule has 3 rings (SSSR count). The number of anilines is 1. The van der Waals surface area contributed by atoms with Crippen LogP contribution in [0.5, 0.6) is 0 Å². The highest BCUT2D eigenvalue weighted by Gasteiger charge is 2.30. The van der Waals surface area contributed by atoms with Gasteiger partial charge in [0.15, 0.2) is 5.76 Å². The number of hydrogen-bond donors (Lipinski definition) is 1. The number of benzene rings is 1. The second-order valence-electron chi connectivity index (χ2n) is 6.89. The van der Waals surface area contributed by atoms with E-state index >= 15 is 0 Å². The first kappa shape index (κ1) is 22.6. The van der Waals surface area contributed by atoms with Crippen molar-refractivity contribution in [3.63, 3.8) is 0 Å². The Hall–Kier alpha value is -2.07. The van der Waals surface area contributed by atoms with Crippen LogP contribution in [-0.4, -0.2) is 56.1 Å². The van der Waals surface area contributed by atoms with Crippen LogP contribution in [0.4, 0.5) is 5.69 Å². The van der Waals surface area contributed by atoms with E-state index in [0.29, 0.717) is 13.1 Å². The van der Waals surface area contributed by atoms with Gasteiger partial charge in [-0.3, -0.25) is 9.59 Å². The first-order chi connectivity index (χ1) is 14.2. The van der Waals surface area contributed by atoms with E-state index in [1.807, 2.05) is 0 Å². The molecule has 1 saturated heterocycles. The molecule has 0 saturated carbocycles. The summed E-state index contributed by atoms with van der Waals surface area (Å²) in [4.78, 5) is 26.0. The van der Waals surface area contributed by atoms with Gasteiger partial charge in [0.25, 0.3) is 15.9 Å². The van der Waals surface area contributed by atoms with Gasteiger partial charge in [-0.2, -0.15) is 4.31 Å². The number of nitrogens with one attached hydrogen (secondary N) is 1. The molecule has 0 radical (unpaired) electrons. The van der Waals surface area contributed by atoms with E-state index in [4.69, 9.17) is 27.6 Å². The number of piperidine rings is 1. The number of sulfonamides is 1. The zero-order chi connectivity index (χ0) is 21.9. The minimum atomic E-state index is -3.79. The number of amides is 2. The normalized spacial score (nSPS) is 15.0. The lowest BCUT2D eigenvalue weighted by Gasteiger charge is -2.24. The van der Waals surface area contributed by atoms with E-state index < -0.39 is 21.8 Å². The molecule has 1 N–H and O–H groups in total. The zero-order valence-corrected chi connectivity index (χ0v) is 18.6. The standard InChI is InChI=1S/C19H21Cl2N3O5S/c1-23(12-16(25)22-18-13(20)6-5-7-14(18)21)19(26)15-8-9-17(29-15)30(27,28)24-10-3-2-4-11-24/h5-9H,2-4,10-12H2,1H3,(H,22,25). The number of hydrogen-bond acceptors (Lipinski definition) is 5. The van der Waals surface area contributed by atoms with Gasteiger partial charge in [0, 0.05) is 20.1 Å². The summed E-state index contributed by atoms with van der Waals surface area (Å²) < 4.78 is 32.0. The Morgan fingerprint density at radius 1 is 1.10 bits per heavy atom. The smallest absolute Gasteiger partial charge is 0.289 e. The Kier molecular flexibility index (Phi) is 7.07. The number of halogens is 2. The molecule has 0 unspecified atom stereocenters. The monoisotopic (exact) mass is 473 g/mol. The molecule has 2 heterocycles. The van der Waals surface area contributed by atoms with E-state index in [1.54, 1.807) is 18.2 Å². The fraction of sp³-hybridized carbons (Fsp3) is 0.368. The van der Waals surface area contributed by atoms with Crippen LogP contribution in [0.2, 0.25) is 10.0 Å². The van der Waals surface area contributed by atoms with E-state index in [-0.39, 0.29) is 33.1 Å². The maximum Gasteiger partial charge on any atom is 0.289 e. The number of rotatable bonds is 6. The molecule has 0 atom stereocenters. The summed E-state index contributed by atoms with van der Waals surface area (Å²) in [6.45, 7) is 0.545. The summed E-state index contributed by atoms with van der Waals surface area (Å²) in [7, 11) is -2.39. The van der Waals surface area contributed by atoms with Crippen LogP contribution in [-0.2, 0) is 14.8 Å². The number of carbonyl (C=O) groups excluding carboxylic acids is 2. The van der Waals surface area contributed by atoms with Crippen molar-refractivity contribution in [3.8, 4) is 0 Å². The van der Waals surface area contributed by atoms with E-state index in [1.165, 1.54) is 23.5 Å². The van der Waals surface area contributed by atoms with Crippen molar-refractivity contribution >= 4 is 50.7 Å². The van der Waals surface area contributed by atoms with Crippen molar-refractivity contribution in [2.45, 2.75) is 24.4 Å². The van der Waals surface area contributed by atoms with Gasteiger partial charge in [-0.15, -0.1) is 0 Å². The highest BCUT2D eigenvalue weighted by atomic mass is 35.5. The second kappa shape index (κ2) is 9.38. The van der Waals surface area contributed by atoms with Gasteiger partial charge in [-0.25, -0.2) is 8.42 Å². The van der Waals surface area contributed by atoms with Crippen LogP contribution in [0.1, 0.15) is 29.8 Å². The Bertz CT molecular complexity index is 1030. The van der Waals surface area contributed by atoms with Crippen molar-refractivity contribution in [3.05, 3.63) is 46.1 Å². The Balaban J connectivity index is 1.66. The number of nitrogens with zero attached hydrogens (tertiary/aromatic N) is 2. The summed E-state index contributed by atoms with van der Waals surface area (Å²) in [5.41, 5.74) is 0.250. The Morgan fingerprint density at radius 3 is 2.37 bits per heavy atom. The minimum Gasteiger partial charge on any atom is -0.438 e. The maximum atomic E-state index is 12.7. The van der Waals surface area contributed by atoms with Gasteiger partial charge in [0.05, 0.1) is 22.3 Å². The number of para-hydroxylation sites is 1. The van der Waals surface area contributed by atoms with E-state index in [2.05, 4.69) is 5.32 Å². The molecule has 0 bridgehead atoms. The van der Waals surface area contributed by atoms with Crippen LogP contribution < -0.4 is 5.32 Å². The fourth-order valence-electron chi connectivity index (χ4n) is 3.08. The molecule has 0 spiro atoms. The molecule has 8 nitrogen and oxygen atoms in total. The van der Waals surface area contributed by atoms with Crippen molar-refractivity contribution in [2.24, 2.45) is 0 Å². The van der Waals surface area contributed by atoms with E-state index in [0.717, 1.165) is 24.2 Å². The summed E-state index contributed by atoms with van der Waals surface area (Å²) >= 11 is 12.0. The van der Waals surface area contributed by atoms with Gasteiger partial charge >= 0.3 is 0 Å². The van der Waals surface area contributed by atoms with Gasteiger partial charge < -0.3 is 14.6 Å². The van der Waals surface area contributed by atoms with Crippen LogP contribution in [0, 0.1) is 0 Å². The predicted molar refractivity (Wildman–Crippen MR) is 113 cm³/mol. The molecule has 2 aromatic rings. The average molecular weight is 474 g/mol. The highest BCUT2D eigenvalue weighted by Crippen LogP contribution is 2.29. The van der Waals surface area contributed by atoms with Gasteiger partial charge in [-0.1, -0.05) is 35.7 Å². The summed E-state index contributed by atoms with van der Waals surface area (Å²) in [6, 6.07) is 7.34. The molecule has 11 heteroatoms. The summed E-state index contributed by atoms with van der Waals surface area (Å²) in [5, 5.41) is 2.81. The second-order valence-corrected chi connectivity index (χ2v) is 9.57. The molecular formula is C19H21Cl2N3O5S. The SMILES string of the molecule is CN(CC(=O)Nc1c(Cl)cccc1Cl)C(=O)c1ccc(S(=O)(=O)N2CCCCC2)o1. The lowest BCUT2D eigenvalue weighted by atomic mass is 10.2. The largest absolute Gasteiger partial charge is 0.438 e. The van der Waals surface area contributed by atoms with Crippen molar-refractivity contribution in [1.29, 1.82) is 0 Å². The Morgan fingerprint density at radius 2 is 1.73 bits per heavy atom. The molecule has 1 aromatic heterocycles. The quantitative estimate of drug-likeness (QED) is 0.691. The minimum absolute atomic E-state index is 0.170.